The van der Waals surface area contributed by atoms with Gasteiger partial charge in [0.15, 0.2) is 0 Å². The van der Waals surface area contributed by atoms with Crippen LogP contribution < -0.4 is 0 Å². The Morgan fingerprint density at radius 2 is 0.789 bits per heavy atom. The molecule has 0 bridgehead atoms. The van der Waals surface area contributed by atoms with Crippen LogP contribution in [-0.4, -0.2) is 0 Å². The maximum Gasteiger partial charge on any atom is -0.0326 e. The molecule has 0 rings (SSSR count). The topological polar surface area (TPSA) is 0 Å². The normalized spacial score (nSPS) is 12.0. The van der Waals surface area contributed by atoms with Gasteiger partial charge in [-0.05, 0) is 24.7 Å². The van der Waals surface area contributed by atoms with Gasteiger partial charge in [0.25, 0.3) is 0 Å². The van der Waals surface area contributed by atoms with Gasteiger partial charge in [-0.3, -0.25) is 0 Å². The van der Waals surface area contributed by atoms with Gasteiger partial charge in [0.05, 0.1) is 0 Å². The summed E-state index contributed by atoms with van der Waals surface area (Å²) < 4.78 is 0. The molecular formula is C19H40. The number of rotatable bonds is 14. The number of hydrogen-bond donors (Lipinski definition) is 0. The molecule has 0 aliphatic carbocycles. The standard InChI is InChI=1S/C19H40/c1-5-8-11-12-15-18-19(4,16-13-9-6-2)17-14-10-7-3/h5-18H2,1-4H3. The summed E-state index contributed by atoms with van der Waals surface area (Å²) in [4.78, 5) is 0. The van der Waals surface area contributed by atoms with Crippen LogP contribution in [0, 0.1) is 5.41 Å². The van der Waals surface area contributed by atoms with Crippen LogP contribution in [0.2, 0.25) is 0 Å². The number of hydrogen-bond acceptors (Lipinski definition) is 0. The molecular weight excluding hydrogens is 228 g/mol. The summed E-state index contributed by atoms with van der Waals surface area (Å²) in [6.07, 6.45) is 20.1. The summed E-state index contributed by atoms with van der Waals surface area (Å²) in [6.45, 7) is 9.51. The summed E-state index contributed by atoms with van der Waals surface area (Å²) in [5, 5.41) is 0. The van der Waals surface area contributed by atoms with Gasteiger partial charge in [-0.1, -0.05) is 98.3 Å². The highest BCUT2D eigenvalue weighted by molar-refractivity contribution is 4.74. The lowest BCUT2D eigenvalue weighted by molar-refractivity contribution is 0.224. The van der Waals surface area contributed by atoms with Gasteiger partial charge in [-0.2, -0.15) is 0 Å². The Morgan fingerprint density at radius 3 is 1.21 bits per heavy atom. The Balaban J connectivity index is 3.92. The van der Waals surface area contributed by atoms with E-state index in [0.717, 1.165) is 0 Å². The van der Waals surface area contributed by atoms with Crippen molar-refractivity contribution in [3.05, 3.63) is 0 Å². The van der Waals surface area contributed by atoms with Crippen molar-refractivity contribution in [1.82, 2.24) is 0 Å². The number of unbranched alkanes of at least 4 members (excludes halogenated alkanes) is 8. The van der Waals surface area contributed by atoms with E-state index in [0.29, 0.717) is 5.41 Å². The smallest absolute Gasteiger partial charge is 0.0326 e. The Hall–Kier alpha value is 0. The minimum Gasteiger partial charge on any atom is -0.0654 e. The zero-order valence-electron chi connectivity index (χ0n) is 14.4. The molecule has 0 aromatic carbocycles. The quantitative estimate of drug-likeness (QED) is 0.286. The van der Waals surface area contributed by atoms with Crippen molar-refractivity contribution in [3.8, 4) is 0 Å². The molecule has 0 N–H and O–H groups in total. The Labute approximate surface area is 123 Å². The van der Waals surface area contributed by atoms with Crippen LogP contribution in [0.5, 0.6) is 0 Å². The molecule has 19 heavy (non-hydrogen) atoms. The van der Waals surface area contributed by atoms with E-state index in [1.165, 1.54) is 89.9 Å². The van der Waals surface area contributed by atoms with E-state index < -0.39 is 0 Å². The van der Waals surface area contributed by atoms with Crippen LogP contribution in [0.3, 0.4) is 0 Å². The fourth-order valence-electron chi connectivity index (χ4n) is 3.13. The van der Waals surface area contributed by atoms with Crippen molar-refractivity contribution in [2.75, 3.05) is 0 Å². The van der Waals surface area contributed by atoms with E-state index in [1.54, 1.807) is 0 Å². The van der Waals surface area contributed by atoms with E-state index >= 15 is 0 Å². The Morgan fingerprint density at radius 1 is 0.474 bits per heavy atom. The largest absolute Gasteiger partial charge is 0.0654 e. The molecule has 0 aromatic heterocycles. The summed E-state index contributed by atoms with van der Waals surface area (Å²) in [7, 11) is 0. The minimum absolute atomic E-state index is 0.649. The maximum atomic E-state index is 2.57. The van der Waals surface area contributed by atoms with Crippen LogP contribution in [0.25, 0.3) is 0 Å². The summed E-state index contributed by atoms with van der Waals surface area (Å²) >= 11 is 0. The van der Waals surface area contributed by atoms with E-state index in [9.17, 15) is 0 Å². The predicted molar refractivity (Wildman–Crippen MR) is 89.8 cm³/mol. The third-order valence-electron chi connectivity index (χ3n) is 4.65. The molecule has 0 unspecified atom stereocenters. The zero-order valence-corrected chi connectivity index (χ0v) is 14.4. The lowest BCUT2D eigenvalue weighted by Crippen LogP contribution is -2.16. The zero-order chi connectivity index (χ0) is 14.4. The van der Waals surface area contributed by atoms with Crippen molar-refractivity contribution in [2.45, 2.75) is 118 Å². The van der Waals surface area contributed by atoms with Gasteiger partial charge in [0.2, 0.25) is 0 Å². The second-order valence-electron chi connectivity index (χ2n) is 6.89. The van der Waals surface area contributed by atoms with Crippen molar-refractivity contribution in [2.24, 2.45) is 5.41 Å². The molecule has 0 fully saturated rings. The highest BCUT2D eigenvalue weighted by Gasteiger charge is 2.22. The maximum absolute atomic E-state index is 2.57. The molecule has 0 atom stereocenters. The second kappa shape index (κ2) is 13.0. The molecule has 116 valence electrons. The molecule has 0 saturated heterocycles. The van der Waals surface area contributed by atoms with Crippen molar-refractivity contribution in [3.63, 3.8) is 0 Å². The van der Waals surface area contributed by atoms with Gasteiger partial charge in [0, 0.05) is 0 Å². The van der Waals surface area contributed by atoms with Crippen LogP contribution in [0.1, 0.15) is 118 Å². The van der Waals surface area contributed by atoms with Gasteiger partial charge in [-0.25, -0.2) is 0 Å². The van der Waals surface area contributed by atoms with Gasteiger partial charge in [0.1, 0.15) is 0 Å². The Bertz CT molecular complexity index is 161. The average Bonchev–Trinajstić information content (AvgIpc) is 2.39. The van der Waals surface area contributed by atoms with Gasteiger partial charge in [-0.15, -0.1) is 0 Å². The van der Waals surface area contributed by atoms with Gasteiger partial charge >= 0.3 is 0 Å². The molecule has 0 radical (unpaired) electrons. The van der Waals surface area contributed by atoms with E-state index in [2.05, 4.69) is 27.7 Å². The molecule has 0 aromatic rings. The van der Waals surface area contributed by atoms with E-state index in [4.69, 9.17) is 0 Å². The average molecular weight is 269 g/mol. The Kier molecular flexibility index (Phi) is 13.0. The first-order chi connectivity index (χ1) is 9.18. The molecule has 0 heterocycles. The van der Waals surface area contributed by atoms with E-state index in [1.807, 2.05) is 0 Å². The summed E-state index contributed by atoms with van der Waals surface area (Å²) in [5.74, 6) is 0. The van der Waals surface area contributed by atoms with Crippen molar-refractivity contribution in [1.29, 1.82) is 0 Å². The van der Waals surface area contributed by atoms with Crippen molar-refractivity contribution < 1.29 is 0 Å². The minimum atomic E-state index is 0.649. The fraction of sp³-hybridized carbons (Fsp3) is 1.00. The molecule has 0 amide bonds. The molecule has 0 heteroatoms. The predicted octanol–water partition coefficient (Wildman–Crippen LogP) is 7.51. The van der Waals surface area contributed by atoms with Crippen LogP contribution in [-0.2, 0) is 0 Å². The first-order valence-electron chi connectivity index (χ1n) is 9.18. The molecule has 0 spiro atoms. The first kappa shape index (κ1) is 19.0. The first-order valence-corrected chi connectivity index (χ1v) is 9.18. The molecule has 0 aliphatic heterocycles. The third-order valence-corrected chi connectivity index (χ3v) is 4.65. The molecule has 0 aliphatic rings. The lowest BCUT2D eigenvalue weighted by atomic mass is 9.76. The summed E-state index contributed by atoms with van der Waals surface area (Å²) in [6, 6.07) is 0. The van der Waals surface area contributed by atoms with E-state index in [-0.39, 0.29) is 0 Å². The summed E-state index contributed by atoms with van der Waals surface area (Å²) in [5.41, 5.74) is 0.649. The van der Waals surface area contributed by atoms with Crippen LogP contribution >= 0.6 is 0 Å². The van der Waals surface area contributed by atoms with Crippen LogP contribution in [0.4, 0.5) is 0 Å². The second-order valence-corrected chi connectivity index (χ2v) is 6.89. The van der Waals surface area contributed by atoms with Crippen molar-refractivity contribution >= 4 is 0 Å². The lowest BCUT2D eigenvalue weighted by Gasteiger charge is -2.30. The highest BCUT2D eigenvalue weighted by atomic mass is 14.3. The van der Waals surface area contributed by atoms with Gasteiger partial charge < -0.3 is 0 Å². The molecule has 0 nitrogen and oxygen atoms in total. The fourth-order valence-corrected chi connectivity index (χ4v) is 3.13. The highest BCUT2D eigenvalue weighted by Crippen LogP contribution is 2.36. The van der Waals surface area contributed by atoms with Crippen LogP contribution in [0.15, 0.2) is 0 Å². The molecule has 0 saturated carbocycles. The SMILES string of the molecule is CCCCCCCC(C)(CCCCC)CCCCC. The monoisotopic (exact) mass is 268 g/mol. The third kappa shape index (κ3) is 11.5.